The Morgan fingerprint density at radius 1 is 1.30 bits per heavy atom. The van der Waals surface area contributed by atoms with E-state index in [4.69, 9.17) is 14.9 Å². The zero-order valence-electron chi connectivity index (χ0n) is 11.2. The van der Waals surface area contributed by atoms with Crippen LogP contribution in [0.25, 0.3) is 0 Å². The second-order valence-corrected chi connectivity index (χ2v) is 4.90. The van der Waals surface area contributed by atoms with Crippen molar-refractivity contribution in [2.75, 3.05) is 0 Å². The zero-order chi connectivity index (χ0) is 15.5. The van der Waals surface area contributed by atoms with E-state index in [9.17, 15) is 14.4 Å². The Kier molecular flexibility index (Phi) is 4.33. The smallest absolute Gasteiger partial charge is 0.419 e. The first-order valence-electron chi connectivity index (χ1n) is 5.60. The van der Waals surface area contributed by atoms with Crippen LogP contribution in [0.3, 0.4) is 0 Å². The van der Waals surface area contributed by atoms with E-state index in [1.807, 2.05) is 0 Å². The fourth-order valence-corrected chi connectivity index (χ4v) is 1.24. The van der Waals surface area contributed by atoms with Crippen molar-refractivity contribution in [3.05, 3.63) is 18.2 Å². The largest absolute Gasteiger partial charge is 0.465 e. The summed E-state index contributed by atoms with van der Waals surface area (Å²) < 4.78 is 6.09. The number of carboxylic acid groups (broad SMARTS) is 2. The Hall–Kier alpha value is -2.58. The molecule has 0 unspecified atom stereocenters. The maximum Gasteiger partial charge on any atom is 0.419 e. The van der Waals surface area contributed by atoms with E-state index < -0.39 is 30.4 Å². The highest BCUT2D eigenvalue weighted by atomic mass is 16.6. The van der Waals surface area contributed by atoms with Gasteiger partial charge >= 0.3 is 18.3 Å². The van der Waals surface area contributed by atoms with Gasteiger partial charge < -0.3 is 14.9 Å². The van der Waals surface area contributed by atoms with Crippen molar-refractivity contribution in [3.8, 4) is 0 Å². The molecule has 1 aromatic heterocycles. The van der Waals surface area contributed by atoms with E-state index in [1.54, 1.807) is 20.8 Å². The lowest BCUT2D eigenvalue weighted by atomic mass is 10.2. The molecule has 2 N–H and O–H groups in total. The van der Waals surface area contributed by atoms with E-state index >= 15 is 0 Å². The number of amides is 2. The van der Waals surface area contributed by atoms with Gasteiger partial charge in [0.1, 0.15) is 11.9 Å². The van der Waals surface area contributed by atoms with Crippen LogP contribution in [0.15, 0.2) is 12.5 Å². The van der Waals surface area contributed by atoms with Crippen LogP contribution in [0.4, 0.5) is 14.4 Å². The van der Waals surface area contributed by atoms with Gasteiger partial charge in [-0.25, -0.2) is 28.8 Å². The van der Waals surface area contributed by atoms with Crippen LogP contribution in [-0.4, -0.2) is 48.5 Å². The molecule has 0 aliphatic rings. The molecule has 0 saturated heterocycles. The fraction of sp³-hybridized carbons (Fsp3) is 0.455. The number of carbonyl (C=O) groups excluding carboxylic acids is 1. The van der Waals surface area contributed by atoms with Crippen molar-refractivity contribution in [2.24, 2.45) is 0 Å². The molecule has 0 radical (unpaired) electrons. The van der Waals surface area contributed by atoms with E-state index in [-0.39, 0.29) is 10.6 Å². The topological polar surface area (TPSA) is 122 Å². The average molecular weight is 285 g/mol. The number of carbonyl (C=O) groups is 3. The Morgan fingerprint density at radius 3 is 2.30 bits per heavy atom. The molecule has 2 amide bonds. The number of hydrogen-bond acceptors (Lipinski definition) is 5. The number of imidazole rings is 1. The molecular formula is C11H15N3O6. The first kappa shape index (κ1) is 15.5. The van der Waals surface area contributed by atoms with Crippen molar-refractivity contribution in [1.82, 2.24) is 14.5 Å². The van der Waals surface area contributed by atoms with E-state index in [0.717, 1.165) is 10.9 Å². The van der Waals surface area contributed by atoms with Gasteiger partial charge in [-0.05, 0) is 20.8 Å². The molecule has 1 aromatic rings. The van der Waals surface area contributed by atoms with Crippen LogP contribution in [0.1, 0.15) is 26.5 Å². The highest BCUT2D eigenvalue weighted by Gasteiger charge is 2.22. The van der Waals surface area contributed by atoms with Crippen LogP contribution < -0.4 is 0 Å². The van der Waals surface area contributed by atoms with Crippen LogP contribution in [0.2, 0.25) is 0 Å². The summed E-state index contributed by atoms with van der Waals surface area (Å²) in [6.45, 7) is 4.61. The Balaban J connectivity index is 2.80. The van der Waals surface area contributed by atoms with Crippen molar-refractivity contribution in [1.29, 1.82) is 0 Å². The number of nitrogens with zero attached hydrogens (tertiary/aromatic N) is 3. The first-order valence-corrected chi connectivity index (χ1v) is 5.60. The molecule has 0 saturated carbocycles. The Bertz CT molecular complexity index is 517. The Morgan fingerprint density at radius 2 is 1.85 bits per heavy atom. The second-order valence-electron chi connectivity index (χ2n) is 4.90. The van der Waals surface area contributed by atoms with Crippen molar-refractivity contribution < 1.29 is 29.3 Å². The zero-order valence-corrected chi connectivity index (χ0v) is 11.2. The molecular weight excluding hydrogens is 270 g/mol. The van der Waals surface area contributed by atoms with Gasteiger partial charge in [0.05, 0.1) is 12.2 Å². The third kappa shape index (κ3) is 4.26. The molecule has 0 bridgehead atoms. The SMILES string of the molecule is CC(C)(C)OC(=O)n1cnc(CN(C(=O)O)C(=O)O)c1. The standard InChI is InChI=1S/C11H15N3O6/c1-11(2,3)20-10(19)13-4-7(12-6-13)5-14(8(15)16)9(17)18/h4,6H,5H2,1-3H3,(H,15,16)(H,17,18). The molecule has 9 heteroatoms. The van der Waals surface area contributed by atoms with Gasteiger partial charge in [0.2, 0.25) is 0 Å². The molecule has 0 spiro atoms. The first-order chi connectivity index (χ1) is 9.10. The minimum atomic E-state index is -1.62. The third-order valence-corrected chi connectivity index (χ3v) is 2.02. The van der Waals surface area contributed by atoms with Gasteiger partial charge in [-0.1, -0.05) is 0 Å². The summed E-state index contributed by atoms with van der Waals surface area (Å²) in [4.78, 5) is 37.0. The maximum atomic E-state index is 11.7. The molecule has 1 heterocycles. The van der Waals surface area contributed by atoms with Crippen LogP contribution in [0, 0.1) is 0 Å². The Labute approximate surface area is 114 Å². The van der Waals surface area contributed by atoms with Crippen LogP contribution >= 0.6 is 0 Å². The number of imide groups is 1. The highest BCUT2D eigenvalue weighted by molar-refractivity contribution is 5.85. The molecule has 0 aliphatic heterocycles. The van der Waals surface area contributed by atoms with Crippen molar-refractivity contribution in [3.63, 3.8) is 0 Å². The number of hydrogen-bond donors (Lipinski definition) is 2. The average Bonchev–Trinajstić information content (AvgIpc) is 2.71. The normalized spacial score (nSPS) is 10.9. The lowest BCUT2D eigenvalue weighted by Crippen LogP contribution is -2.33. The summed E-state index contributed by atoms with van der Waals surface area (Å²) in [5, 5.41) is 17.4. The number of rotatable bonds is 2. The minimum absolute atomic E-state index is 0.112. The van der Waals surface area contributed by atoms with Gasteiger partial charge in [0.15, 0.2) is 0 Å². The minimum Gasteiger partial charge on any atom is -0.465 e. The van der Waals surface area contributed by atoms with Crippen LogP contribution in [0.5, 0.6) is 0 Å². The van der Waals surface area contributed by atoms with Gasteiger partial charge in [0, 0.05) is 6.20 Å². The fourth-order valence-electron chi connectivity index (χ4n) is 1.24. The van der Waals surface area contributed by atoms with E-state index in [1.165, 1.54) is 6.20 Å². The van der Waals surface area contributed by atoms with Crippen molar-refractivity contribution in [2.45, 2.75) is 32.9 Å². The summed E-state index contributed by atoms with van der Waals surface area (Å²) in [5.41, 5.74) is -0.573. The lowest BCUT2D eigenvalue weighted by Gasteiger charge is -2.19. The second kappa shape index (κ2) is 5.59. The molecule has 110 valence electrons. The van der Waals surface area contributed by atoms with E-state index in [2.05, 4.69) is 4.98 Å². The van der Waals surface area contributed by atoms with Gasteiger partial charge in [-0.15, -0.1) is 0 Å². The predicted octanol–water partition coefficient (Wildman–Crippen LogP) is 1.82. The molecule has 0 fully saturated rings. The quantitative estimate of drug-likeness (QED) is 0.849. The van der Waals surface area contributed by atoms with E-state index in [0.29, 0.717) is 0 Å². The molecule has 0 atom stereocenters. The summed E-state index contributed by atoms with van der Waals surface area (Å²) in [5.74, 6) is 0. The molecule has 1 rings (SSSR count). The van der Waals surface area contributed by atoms with Gasteiger partial charge in [-0.2, -0.15) is 0 Å². The van der Waals surface area contributed by atoms with Gasteiger partial charge in [-0.3, -0.25) is 0 Å². The number of aromatic nitrogens is 2. The molecule has 20 heavy (non-hydrogen) atoms. The summed E-state index contributed by atoms with van der Waals surface area (Å²) >= 11 is 0. The summed E-state index contributed by atoms with van der Waals surface area (Å²) in [7, 11) is 0. The molecule has 0 aliphatic carbocycles. The highest BCUT2D eigenvalue weighted by Crippen LogP contribution is 2.10. The molecule has 0 aromatic carbocycles. The van der Waals surface area contributed by atoms with Crippen LogP contribution in [-0.2, 0) is 11.3 Å². The molecule has 9 nitrogen and oxygen atoms in total. The van der Waals surface area contributed by atoms with Crippen molar-refractivity contribution >= 4 is 18.3 Å². The number of ether oxygens (including phenoxy) is 1. The summed E-state index contributed by atoms with van der Waals surface area (Å²) in [6, 6.07) is 0. The predicted molar refractivity (Wildman–Crippen MR) is 65.5 cm³/mol. The lowest BCUT2D eigenvalue weighted by molar-refractivity contribution is 0.0536. The third-order valence-electron chi connectivity index (χ3n) is 2.02. The maximum absolute atomic E-state index is 11.7. The summed E-state index contributed by atoms with van der Waals surface area (Å²) in [6.07, 6.45) is -1.58. The van der Waals surface area contributed by atoms with Gasteiger partial charge in [0.25, 0.3) is 0 Å². The monoisotopic (exact) mass is 285 g/mol.